The minimum atomic E-state index is -0.487. The van der Waals surface area contributed by atoms with Gasteiger partial charge in [-0.2, -0.15) is 0 Å². The first-order valence-corrected chi connectivity index (χ1v) is 12.6. The Morgan fingerprint density at radius 3 is 2.65 bits per heavy atom. The smallest absolute Gasteiger partial charge is 0.319 e. The van der Waals surface area contributed by atoms with Crippen LogP contribution in [0.2, 0.25) is 0 Å². The molecule has 3 N–H and O–H groups in total. The van der Waals surface area contributed by atoms with Gasteiger partial charge in [0.25, 0.3) is 0 Å². The third kappa shape index (κ3) is 5.01. The molecule has 3 fully saturated rings. The summed E-state index contributed by atoms with van der Waals surface area (Å²) in [6, 6.07) is 5.75. The predicted octanol–water partition coefficient (Wildman–Crippen LogP) is 1.91. The highest BCUT2D eigenvalue weighted by atomic mass is 16.6. The van der Waals surface area contributed by atoms with E-state index in [1.54, 1.807) is 0 Å². The number of carbonyl (C=O) groups is 2. The normalized spacial score (nSPS) is 29.3. The van der Waals surface area contributed by atoms with E-state index in [4.69, 9.17) is 9.47 Å². The molecule has 0 radical (unpaired) electrons. The third-order valence-corrected chi connectivity index (χ3v) is 7.71. The van der Waals surface area contributed by atoms with Crippen molar-refractivity contribution in [3.05, 3.63) is 23.8 Å². The Bertz CT molecular complexity index is 897. The van der Waals surface area contributed by atoms with Crippen molar-refractivity contribution in [2.24, 2.45) is 0 Å². The van der Waals surface area contributed by atoms with Gasteiger partial charge in [-0.3, -0.25) is 4.79 Å². The SMILES string of the molecule is CN1CCN(C(=O)C[C@@H]2C[C@H]3c4cc(NC(=O)NC5CCCC5)ccc4O[C@H]3[C@H](CO)O2)CC1. The number of likely N-dealkylation sites (N-methyl/N-ethyl adjacent to an activating group) is 1. The Hall–Kier alpha value is -2.36. The lowest BCUT2D eigenvalue weighted by atomic mass is 9.84. The minimum absolute atomic E-state index is 0.00540. The van der Waals surface area contributed by atoms with Gasteiger partial charge < -0.3 is 35.0 Å². The summed E-state index contributed by atoms with van der Waals surface area (Å²) >= 11 is 0. The van der Waals surface area contributed by atoms with E-state index < -0.39 is 6.10 Å². The van der Waals surface area contributed by atoms with Crippen molar-refractivity contribution in [2.75, 3.05) is 45.2 Å². The van der Waals surface area contributed by atoms with Crippen LogP contribution in [0.5, 0.6) is 5.75 Å². The summed E-state index contributed by atoms with van der Waals surface area (Å²) in [5.74, 6) is 0.863. The zero-order chi connectivity index (χ0) is 23.7. The molecule has 1 aliphatic carbocycles. The number of hydrogen-bond acceptors (Lipinski definition) is 6. The summed E-state index contributed by atoms with van der Waals surface area (Å²) in [5.41, 5.74) is 1.72. The van der Waals surface area contributed by atoms with Crippen molar-refractivity contribution in [1.82, 2.24) is 15.1 Å². The molecule has 0 spiro atoms. The van der Waals surface area contributed by atoms with Gasteiger partial charge in [-0.15, -0.1) is 0 Å². The van der Waals surface area contributed by atoms with Crippen LogP contribution < -0.4 is 15.4 Å². The van der Waals surface area contributed by atoms with Gasteiger partial charge in [0, 0.05) is 49.4 Å². The topological polar surface area (TPSA) is 103 Å². The van der Waals surface area contributed by atoms with Gasteiger partial charge in [0.2, 0.25) is 5.91 Å². The lowest BCUT2D eigenvalue weighted by molar-refractivity contribution is -0.150. The maximum absolute atomic E-state index is 12.9. The first-order chi connectivity index (χ1) is 16.5. The van der Waals surface area contributed by atoms with Gasteiger partial charge in [0.15, 0.2) is 0 Å². The lowest BCUT2D eigenvalue weighted by Gasteiger charge is -2.38. The number of urea groups is 1. The summed E-state index contributed by atoms with van der Waals surface area (Å²) in [4.78, 5) is 29.5. The summed E-state index contributed by atoms with van der Waals surface area (Å²) in [6.45, 7) is 3.07. The van der Waals surface area contributed by atoms with Crippen LogP contribution in [0.15, 0.2) is 18.2 Å². The molecule has 4 atom stereocenters. The molecule has 186 valence electrons. The standard InChI is InChI=1S/C25H36N4O5/c1-28-8-10-29(11-9-28)23(31)14-18-13-20-19-12-17(27-25(32)26-16-4-2-3-5-16)6-7-21(19)34-24(20)22(15-30)33-18/h6-7,12,16,18,20,22,24,30H,2-5,8-11,13-15H2,1H3,(H2,26,27,32)/t18-,20-,22-,24+/m0/s1. The number of fused-ring (bicyclic) bond motifs is 3. The highest BCUT2D eigenvalue weighted by Gasteiger charge is 2.46. The average Bonchev–Trinajstić information content (AvgIpc) is 3.46. The van der Waals surface area contributed by atoms with E-state index in [1.807, 2.05) is 23.1 Å². The molecule has 3 aliphatic heterocycles. The van der Waals surface area contributed by atoms with Gasteiger partial charge >= 0.3 is 6.03 Å². The Balaban J connectivity index is 1.25. The third-order valence-electron chi connectivity index (χ3n) is 7.71. The van der Waals surface area contributed by atoms with E-state index in [0.29, 0.717) is 12.8 Å². The van der Waals surface area contributed by atoms with Crippen LogP contribution in [0.3, 0.4) is 0 Å². The maximum atomic E-state index is 12.9. The zero-order valence-corrected chi connectivity index (χ0v) is 19.9. The fourth-order valence-corrected chi connectivity index (χ4v) is 5.77. The van der Waals surface area contributed by atoms with Crippen LogP contribution in [-0.2, 0) is 9.53 Å². The molecular weight excluding hydrogens is 436 g/mol. The van der Waals surface area contributed by atoms with Crippen LogP contribution in [0.4, 0.5) is 10.5 Å². The number of amides is 3. The number of ether oxygens (including phenoxy) is 2. The second kappa shape index (κ2) is 10.1. The summed E-state index contributed by atoms with van der Waals surface area (Å²) in [6.07, 6.45) is 4.29. The van der Waals surface area contributed by atoms with Crippen LogP contribution in [-0.4, -0.2) is 91.0 Å². The molecule has 3 amide bonds. The van der Waals surface area contributed by atoms with Crippen molar-refractivity contribution in [2.45, 2.75) is 68.8 Å². The highest BCUT2D eigenvalue weighted by molar-refractivity contribution is 5.89. The summed E-state index contributed by atoms with van der Waals surface area (Å²) in [7, 11) is 2.07. The Kier molecular flexibility index (Phi) is 6.94. The molecule has 0 aromatic heterocycles. The van der Waals surface area contributed by atoms with Crippen molar-refractivity contribution >= 4 is 17.6 Å². The van der Waals surface area contributed by atoms with Crippen LogP contribution in [0, 0.1) is 0 Å². The monoisotopic (exact) mass is 472 g/mol. The van der Waals surface area contributed by atoms with Gasteiger partial charge in [0.05, 0.1) is 19.1 Å². The molecule has 9 nitrogen and oxygen atoms in total. The molecule has 3 heterocycles. The number of aliphatic hydroxyl groups is 1. The summed E-state index contributed by atoms with van der Waals surface area (Å²) < 4.78 is 12.3. The first-order valence-electron chi connectivity index (χ1n) is 12.6. The van der Waals surface area contributed by atoms with Crippen molar-refractivity contribution in [1.29, 1.82) is 0 Å². The number of nitrogens with zero attached hydrogens (tertiary/aromatic N) is 2. The number of anilines is 1. The number of benzene rings is 1. The fraction of sp³-hybridized carbons (Fsp3) is 0.680. The van der Waals surface area contributed by atoms with Crippen molar-refractivity contribution in [3.8, 4) is 5.75 Å². The maximum Gasteiger partial charge on any atom is 0.319 e. The molecule has 2 saturated heterocycles. The lowest BCUT2D eigenvalue weighted by Crippen LogP contribution is -2.50. The van der Waals surface area contributed by atoms with Gasteiger partial charge in [-0.05, 0) is 44.5 Å². The van der Waals surface area contributed by atoms with Crippen LogP contribution in [0.1, 0.15) is 50.0 Å². The predicted molar refractivity (Wildman–Crippen MR) is 127 cm³/mol. The molecule has 1 aromatic rings. The molecule has 5 rings (SSSR count). The number of nitrogens with one attached hydrogen (secondary N) is 2. The van der Waals surface area contributed by atoms with Gasteiger partial charge in [-0.25, -0.2) is 4.79 Å². The molecule has 0 bridgehead atoms. The molecule has 34 heavy (non-hydrogen) atoms. The van der Waals surface area contributed by atoms with E-state index in [0.717, 1.165) is 68.9 Å². The molecule has 4 aliphatic rings. The molecular formula is C25H36N4O5. The number of hydrogen-bond donors (Lipinski definition) is 3. The number of rotatable bonds is 5. The fourth-order valence-electron chi connectivity index (χ4n) is 5.77. The van der Waals surface area contributed by atoms with E-state index in [9.17, 15) is 14.7 Å². The number of carbonyl (C=O) groups excluding carboxylic acids is 2. The van der Waals surface area contributed by atoms with Crippen molar-refractivity contribution < 1.29 is 24.2 Å². The second-order valence-corrected chi connectivity index (χ2v) is 10.1. The Morgan fingerprint density at radius 2 is 1.91 bits per heavy atom. The van der Waals surface area contributed by atoms with E-state index in [-0.39, 0.29) is 42.7 Å². The Labute approximate surface area is 200 Å². The highest BCUT2D eigenvalue weighted by Crippen LogP contribution is 2.47. The molecule has 1 aromatic carbocycles. The zero-order valence-electron chi connectivity index (χ0n) is 19.9. The largest absolute Gasteiger partial charge is 0.487 e. The van der Waals surface area contributed by atoms with E-state index in [2.05, 4.69) is 22.6 Å². The average molecular weight is 473 g/mol. The molecule has 1 saturated carbocycles. The van der Waals surface area contributed by atoms with E-state index >= 15 is 0 Å². The van der Waals surface area contributed by atoms with Crippen LogP contribution in [0.25, 0.3) is 0 Å². The number of aliphatic hydroxyl groups excluding tert-OH is 1. The van der Waals surface area contributed by atoms with Crippen LogP contribution >= 0.6 is 0 Å². The van der Waals surface area contributed by atoms with Crippen molar-refractivity contribution in [3.63, 3.8) is 0 Å². The molecule has 9 heteroatoms. The minimum Gasteiger partial charge on any atom is -0.487 e. The quantitative estimate of drug-likeness (QED) is 0.605. The summed E-state index contributed by atoms with van der Waals surface area (Å²) in [5, 5.41) is 16.0. The second-order valence-electron chi connectivity index (χ2n) is 10.1. The molecule has 0 unspecified atom stereocenters. The number of piperazine rings is 1. The Morgan fingerprint density at radius 1 is 1.15 bits per heavy atom. The van der Waals surface area contributed by atoms with Gasteiger partial charge in [0.1, 0.15) is 18.0 Å². The van der Waals surface area contributed by atoms with Gasteiger partial charge in [-0.1, -0.05) is 12.8 Å². The first kappa shape index (κ1) is 23.4. The van der Waals surface area contributed by atoms with E-state index in [1.165, 1.54) is 0 Å².